The number of thioether (sulfide) groups is 1. The second kappa shape index (κ2) is 8.44. The summed E-state index contributed by atoms with van der Waals surface area (Å²) in [5.41, 5.74) is 0.588. The number of halogens is 1. The summed E-state index contributed by atoms with van der Waals surface area (Å²) >= 11 is 1.05. The van der Waals surface area contributed by atoms with E-state index in [1.807, 2.05) is 13.8 Å². The van der Waals surface area contributed by atoms with E-state index in [1.54, 1.807) is 0 Å². The summed E-state index contributed by atoms with van der Waals surface area (Å²) < 4.78 is 18.3. The van der Waals surface area contributed by atoms with Gasteiger partial charge in [-0.15, -0.1) is 10.2 Å². The number of amides is 2. The molecule has 0 bridgehead atoms. The Morgan fingerprint density at radius 2 is 1.92 bits per heavy atom. The first-order valence-electron chi connectivity index (χ1n) is 7.22. The molecular weight excluding hydrogens is 335 g/mol. The number of rotatable bonds is 7. The van der Waals surface area contributed by atoms with Gasteiger partial charge in [-0.1, -0.05) is 11.8 Å². The van der Waals surface area contributed by atoms with E-state index in [1.165, 1.54) is 24.3 Å². The molecule has 2 rings (SSSR count). The molecular formula is C15H17FN4O3S. The van der Waals surface area contributed by atoms with Crippen molar-refractivity contribution in [1.82, 2.24) is 20.8 Å². The van der Waals surface area contributed by atoms with Gasteiger partial charge in [0.25, 0.3) is 5.22 Å². The van der Waals surface area contributed by atoms with E-state index in [4.69, 9.17) is 4.42 Å². The highest BCUT2D eigenvalue weighted by atomic mass is 32.2. The van der Waals surface area contributed by atoms with E-state index in [-0.39, 0.29) is 47.1 Å². The van der Waals surface area contributed by atoms with Gasteiger partial charge >= 0.3 is 0 Å². The molecule has 9 heteroatoms. The van der Waals surface area contributed by atoms with Gasteiger partial charge in [-0.05, 0) is 38.1 Å². The van der Waals surface area contributed by atoms with E-state index in [0.717, 1.165) is 11.8 Å². The summed E-state index contributed by atoms with van der Waals surface area (Å²) in [6, 6.07) is 5.66. The predicted octanol–water partition coefficient (Wildman–Crippen LogP) is 1.61. The minimum absolute atomic E-state index is 0.0204. The molecule has 1 aromatic carbocycles. The molecule has 0 unspecified atom stereocenters. The Kier molecular flexibility index (Phi) is 6.30. The van der Waals surface area contributed by atoms with Crippen molar-refractivity contribution in [2.24, 2.45) is 0 Å². The van der Waals surface area contributed by atoms with Crippen molar-refractivity contribution in [2.45, 2.75) is 25.1 Å². The van der Waals surface area contributed by atoms with E-state index in [2.05, 4.69) is 20.8 Å². The molecule has 1 aromatic heterocycles. The Bertz CT molecular complexity index is 703. The zero-order valence-electron chi connectivity index (χ0n) is 13.2. The van der Waals surface area contributed by atoms with Gasteiger partial charge in [-0.2, -0.15) is 0 Å². The number of carbonyl (C=O) groups is 2. The lowest BCUT2D eigenvalue weighted by atomic mass is 10.2. The lowest BCUT2D eigenvalue weighted by Crippen LogP contribution is -2.40. The molecule has 2 N–H and O–H groups in total. The SMILES string of the molecule is CC(C)NC(=O)CNC(=O)CSc1nnc(-c2ccc(F)cc2)o1. The zero-order valence-corrected chi connectivity index (χ0v) is 14.0. The van der Waals surface area contributed by atoms with Crippen LogP contribution in [0, 0.1) is 5.82 Å². The number of hydrogen-bond acceptors (Lipinski definition) is 6. The third-order valence-electron chi connectivity index (χ3n) is 2.72. The molecule has 0 spiro atoms. The van der Waals surface area contributed by atoms with Crippen LogP contribution in [-0.4, -0.2) is 40.4 Å². The quantitative estimate of drug-likeness (QED) is 0.735. The van der Waals surface area contributed by atoms with Gasteiger partial charge in [-0.25, -0.2) is 4.39 Å². The van der Waals surface area contributed by atoms with Crippen molar-refractivity contribution in [3.05, 3.63) is 30.1 Å². The van der Waals surface area contributed by atoms with Crippen molar-refractivity contribution >= 4 is 23.6 Å². The van der Waals surface area contributed by atoms with Gasteiger partial charge in [0.15, 0.2) is 0 Å². The van der Waals surface area contributed by atoms with Crippen LogP contribution >= 0.6 is 11.8 Å². The van der Waals surface area contributed by atoms with Gasteiger partial charge in [0.1, 0.15) is 5.82 Å². The highest BCUT2D eigenvalue weighted by Crippen LogP contribution is 2.23. The first kappa shape index (κ1) is 17.9. The van der Waals surface area contributed by atoms with Gasteiger partial charge in [0.2, 0.25) is 17.7 Å². The van der Waals surface area contributed by atoms with Crippen molar-refractivity contribution in [1.29, 1.82) is 0 Å². The van der Waals surface area contributed by atoms with Crippen molar-refractivity contribution < 1.29 is 18.4 Å². The van der Waals surface area contributed by atoms with Crippen molar-refractivity contribution in [3.63, 3.8) is 0 Å². The fourth-order valence-electron chi connectivity index (χ4n) is 1.71. The molecule has 1 heterocycles. The van der Waals surface area contributed by atoms with Crippen LogP contribution in [0.2, 0.25) is 0 Å². The third-order valence-corrected chi connectivity index (χ3v) is 3.54. The second-order valence-electron chi connectivity index (χ2n) is 5.17. The largest absolute Gasteiger partial charge is 0.411 e. The molecule has 24 heavy (non-hydrogen) atoms. The minimum Gasteiger partial charge on any atom is -0.411 e. The summed E-state index contributed by atoms with van der Waals surface area (Å²) in [4.78, 5) is 23.1. The Labute approximate surface area is 142 Å². The zero-order chi connectivity index (χ0) is 17.5. The minimum atomic E-state index is -0.356. The molecule has 0 saturated carbocycles. The van der Waals surface area contributed by atoms with Gasteiger partial charge in [0, 0.05) is 11.6 Å². The molecule has 2 amide bonds. The fourth-order valence-corrected chi connectivity index (χ4v) is 2.30. The Hall–Kier alpha value is -2.42. The van der Waals surface area contributed by atoms with Crippen LogP contribution in [0.25, 0.3) is 11.5 Å². The lowest BCUT2D eigenvalue weighted by molar-refractivity contribution is -0.125. The van der Waals surface area contributed by atoms with Crippen molar-refractivity contribution in [2.75, 3.05) is 12.3 Å². The highest BCUT2D eigenvalue weighted by Gasteiger charge is 2.12. The van der Waals surface area contributed by atoms with Crippen LogP contribution in [0.5, 0.6) is 0 Å². The van der Waals surface area contributed by atoms with Gasteiger partial charge in [0.05, 0.1) is 12.3 Å². The Morgan fingerprint density at radius 3 is 2.58 bits per heavy atom. The predicted molar refractivity (Wildman–Crippen MR) is 86.7 cm³/mol. The first-order valence-corrected chi connectivity index (χ1v) is 8.21. The molecule has 0 aliphatic heterocycles. The van der Waals surface area contributed by atoms with E-state index >= 15 is 0 Å². The average Bonchev–Trinajstić information content (AvgIpc) is 3.00. The van der Waals surface area contributed by atoms with Crippen LogP contribution < -0.4 is 10.6 Å². The second-order valence-corrected chi connectivity index (χ2v) is 6.09. The normalized spacial score (nSPS) is 10.7. The average molecular weight is 352 g/mol. The number of carbonyl (C=O) groups excluding carboxylic acids is 2. The van der Waals surface area contributed by atoms with Crippen LogP contribution in [0.1, 0.15) is 13.8 Å². The third kappa shape index (κ3) is 5.65. The van der Waals surface area contributed by atoms with E-state index in [9.17, 15) is 14.0 Å². The number of nitrogens with one attached hydrogen (secondary N) is 2. The molecule has 128 valence electrons. The number of aromatic nitrogens is 2. The van der Waals surface area contributed by atoms with E-state index < -0.39 is 0 Å². The molecule has 0 saturated heterocycles. The summed E-state index contributed by atoms with van der Waals surface area (Å²) in [5.74, 6) is -0.638. The van der Waals surface area contributed by atoms with Gasteiger partial charge in [-0.3, -0.25) is 9.59 Å². The summed E-state index contributed by atoms with van der Waals surface area (Å²) in [6.45, 7) is 3.59. The van der Waals surface area contributed by atoms with Crippen LogP contribution in [0.4, 0.5) is 4.39 Å². The molecule has 0 aliphatic carbocycles. The fraction of sp³-hybridized carbons (Fsp3) is 0.333. The maximum atomic E-state index is 12.9. The number of nitrogens with zero attached hydrogens (tertiary/aromatic N) is 2. The lowest BCUT2D eigenvalue weighted by Gasteiger charge is -2.08. The summed E-state index contributed by atoms with van der Waals surface area (Å²) in [6.07, 6.45) is 0. The van der Waals surface area contributed by atoms with Gasteiger partial charge < -0.3 is 15.1 Å². The number of benzene rings is 1. The monoisotopic (exact) mass is 352 g/mol. The molecule has 0 aliphatic rings. The standard InChI is InChI=1S/C15H17FN4O3S/c1-9(2)18-12(21)7-17-13(22)8-24-15-20-19-14(23-15)10-3-5-11(16)6-4-10/h3-6,9H,7-8H2,1-2H3,(H,17,22)(H,18,21). The van der Waals surface area contributed by atoms with Crippen LogP contribution in [-0.2, 0) is 9.59 Å². The molecule has 0 radical (unpaired) electrons. The van der Waals surface area contributed by atoms with Crippen LogP contribution in [0.3, 0.4) is 0 Å². The number of hydrogen-bond donors (Lipinski definition) is 2. The molecule has 0 atom stereocenters. The van der Waals surface area contributed by atoms with E-state index in [0.29, 0.717) is 5.56 Å². The Morgan fingerprint density at radius 1 is 1.21 bits per heavy atom. The maximum absolute atomic E-state index is 12.9. The van der Waals surface area contributed by atoms with Crippen LogP contribution in [0.15, 0.2) is 33.9 Å². The first-order chi connectivity index (χ1) is 11.4. The summed E-state index contributed by atoms with van der Waals surface area (Å²) in [5, 5.41) is 13.0. The Balaban J connectivity index is 1.79. The molecule has 0 fully saturated rings. The molecule has 7 nitrogen and oxygen atoms in total. The maximum Gasteiger partial charge on any atom is 0.277 e. The highest BCUT2D eigenvalue weighted by molar-refractivity contribution is 7.99. The molecule has 2 aromatic rings. The topological polar surface area (TPSA) is 97.1 Å². The summed E-state index contributed by atoms with van der Waals surface area (Å²) in [7, 11) is 0. The van der Waals surface area contributed by atoms with Crippen molar-refractivity contribution in [3.8, 4) is 11.5 Å². The smallest absolute Gasteiger partial charge is 0.277 e.